The van der Waals surface area contributed by atoms with Gasteiger partial charge in [0.1, 0.15) is 0 Å². The van der Waals surface area contributed by atoms with Gasteiger partial charge in [0, 0.05) is 11.6 Å². The Labute approximate surface area is 112 Å². The predicted octanol–water partition coefficient (Wildman–Crippen LogP) is 0.298. The molecule has 0 saturated heterocycles. The first kappa shape index (κ1) is 15.5. The van der Waals surface area contributed by atoms with Gasteiger partial charge in [-0.25, -0.2) is 4.79 Å². The Kier molecular flexibility index (Phi) is 4.70. The van der Waals surface area contributed by atoms with Gasteiger partial charge in [-0.2, -0.15) is 4.39 Å². The van der Waals surface area contributed by atoms with Crippen LogP contribution in [0.4, 0.5) is 10.1 Å². The molecule has 0 aliphatic carbocycles. The minimum Gasteiger partial charge on any atom is -0.480 e. The van der Waals surface area contributed by atoms with Crippen LogP contribution in [0.3, 0.4) is 0 Å². The van der Waals surface area contributed by atoms with Crippen molar-refractivity contribution in [3.8, 4) is 0 Å². The van der Waals surface area contributed by atoms with E-state index in [9.17, 15) is 29.2 Å². The number of amides is 1. The highest BCUT2D eigenvalue weighted by atomic mass is 19.1. The molecule has 8 nitrogen and oxygen atoms in total. The van der Waals surface area contributed by atoms with E-state index in [1.165, 1.54) is 0 Å². The van der Waals surface area contributed by atoms with Crippen LogP contribution in [0.2, 0.25) is 0 Å². The molecular weight excluding hydrogens is 275 g/mol. The molecule has 1 amide bonds. The molecule has 0 unspecified atom stereocenters. The maximum atomic E-state index is 13.3. The van der Waals surface area contributed by atoms with Gasteiger partial charge in [0.25, 0.3) is 5.91 Å². The normalized spacial score (nSPS) is 13.3. The van der Waals surface area contributed by atoms with Gasteiger partial charge in [-0.05, 0) is 19.1 Å². The van der Waals surface area contributed by atoms with Crippen LogP contribution in [0.5, 0.6) is 0 Å². The topological polar surface area (TPSA) is 130 Å². The zero-order valence-electron chi connectivity index (χ0n) is 10.2. The number of nitro groups is 1. The van der Waals surface area contributed by atoms with Gasteiger partial charge >= 0.3 is 11.7 Å². The third-order valence-corrected chi connectivity index (χ3v) is 2.44. The number of carboxylic acids is 1. The van der Waals surface area contributed by atoms with Crippen LogP contribution in [0.1, 0.15) is 17.3 Å². The van der Waals surface area contributed by atoms with E-state index in [2.05, 4.69) is 0 Å². The highest BCUT2D eigenvalue weighted by Gasteiger charge is 2.26. The first-order valence-corrected chi connectivity index (χ1v) is 5.39. The molecular formula is C11H11FN2O6. The Bertz CT molecular complexity index is 560. The smallest absolute Gasteiger partial charge is 0.328 e. The van der Waals surface area contributed by atoms with E-state index in [0.717, 1.165) is 19.1 Å². The van der Waals surface area contributed by atoms with Crippen molar-refractivity contribution >= 4 is 17.6 Å². The van der Waals surface area contributed by atoms with Crippen molar-refractivity contribution in [2.45, 2.75) is 19.1 Å². The average Bonchev–Trinajstić information content (AvgIpc) is 2.34. The number of aliphatic hydroxyl groups is 1. The number of carbonyl (C=O) groups is 2. The molecule has 108 valence electrons. The van der Waals surface area contributed by atoms with Crippen molar-refractivity contribution in [1.29, 1.82) is 0 Å². The lowest BCUT2D eigenvalue weighted by atomic mass is 10.1. The standard InChI is InChI=1S/C11H11FN2O6/c1-5(15)9(11(17)18)13-10(16)6-2-3-8(14(19)20)7(12)4-6/h2-5,9,15H,1H3,(H,13,16)(H,17,18)/t5-,9+/m1/s1. The van der Waals surface area contributed by atoms with Gasteiger partial charge in [0.2, 0.25) is 5.82 Å². The van der Waals surface area contributed by atoms with Crippen LogP contribution in [0.15, 0.2) is 18.2 Å². The van der Waals surface area contributed by atoms with Gasteiger partial charge < -0.3 is 15.5 Å². The lowest BCUT2D eigenvalue weighted by Gasteiger charge is -2.16. The molecule has 0 aliphatic rings. The minimum absolute atomic E-state index is 0.292. The molecule has 0 spiro atoms. The molecule has 0 aromatic heterocycles. The Hall–Kier alpha value is -2.55. The van der Waals surface area contributed by atoms with Crippen molar-refractivity contribution < 1.29 is 29.1 Å². The molecule has 0 fully saturated rings. The van der Waals surface area contributed by atoms with Gasteiger partial charge in [0.15, 0.2) is 6.04 Å². The molecule has 3 N–H and O–H groups in total. The van der Waals surface area contributed by atoms with E-state index in [0.29, 0.717) is 6.07 Å². The summed E-state index contributed by atoms with van der Waals surface area (Å²) in [4.78, 5) is 31.9. The van der Waals surface area contributed by atoms with E-state index in [-0.39, 0.29) is 5.56 Å². The number of rotatable bonds is 5. The highest BCUT2D eigenvalue weighted by Crippen LogP contribution is 2.18. The van der Waals surface area contributed by atoms with Crippen LogP contribution in [0, 0.1) is 15.9 Å². The Morgan fingerprint density at radius 3 is 2.45 bits per heavy atom. The summed E-state index contributed by atoms with van der Waals surface area (Å²) in [5, 5.41) is 30.4. The zero-order chi connectivity index (χ0) is 15.4. The summed E-state index contributed by atoms with van der Waals surface area (Å²) in [5.74, 6) is -3.64. The van der Waals surface area contributed by atoms with Crippen LogP contribution in [0.25, 0.3) is 0 Å². The second-order valence-electron chi connectivity index (χ2n) is 3.95. The molecule has 0 aliphatic heterocycles. The number of benzene rings is 1. The third kappa shape index (κ3) is 3.48. The monoisotopic (exact) mass is 286 g/mol. The maximum absolute atomic E-state index is 13.3. The fraction of sp³-hybridized carbons (Fsp3) is 0.273. The summed E-state index contributed by atoms with van der Waals surface area (Å²) < 4.78 is 13.3. The van der Waals surface area contributed by atoms with Gasteiger partial charge in [0.05, 0.1) is 11.0 Å². The SMILES string of the molecule is C[C@@H](O)[C@H](NC(=O)c1ccc([N+](=O)[O-])c(F)c1)C(=O)O. The summed E-state index contributed by atoms with van der Waals surface area (Å²) in [6.45, 7) is 1.16. The van der Waals surface area contributed by atoms with E-state index in [1.54, 1.807) is 0 Å². The van der Waals surface area contributed by atoms with Crippen molar-refractivity contribution in [2.24, 2.45) is 0 Å². The maximum Gasteiger partial charge on any atom is 0.328 e. The minimum atomic E-state index is -1.57. The second-order valence-corrected chi connectivity index (χ2v) is 3.95. The summed E-state index contributed by atoms with van der Waals surface area (Å²) in [6.07, 6.45) is -1.36. The van der Waals surface area contributed by atoms with Crippen LogP contribution in [-0.4, -0.2) is 39.2 Å². The number of carbonyl (C=O) groups excluding carboxylic acids is 1. The fourth-order valence-corrected chi connectivity index (χ4v) is 1.41. The molecule has 2 atom stereocenters. The molecule has 1 aromatic rings. The number of hydrogen-bond donors (Lipinski definition) is 3. The first-order valence-electron chi connectivity index (χ1n) is 5.39. The van der Waals surface area contributed by atoms with Crippen molar-refractivity contribution in [2.75, 3.05) is 0 Å². The fourth-order valence-electron chi connectivity index (χ4n) is 1.41. The molecule has 1 rings (SSSR count). The highest BCUT2D eigenvalue weighted by molar-refractivity contribution is 5.96. The Morgan fingerprint density at radius 2 is 2.05 bits per heavy atom. The summed E-state index contributed by atoms with van der Waals surface area (Å²) >= 11 is 0. The van der Waals surface area contributed by atoms with E-state index in [4.69, 9.17) is 5.11 Å². The van der Waals surface area contributed by atoms with Crippen molar-refractivity contribution in [1.82, 2.24) is 5.32 Å². The average molecular weight is 286 g/mol. The second kappa shape index (κ2) is 6.06. The molecule has 9 heteroatoms. The van der Waals surface area contributed by atoms with Gasteiger partial charge in [-0.15, -0.1) is 0 Å². The quantitative estimate of drug-likeness (QED) is 0.527. The van der Waals surface area contributed by atoms with E-state index < -0.39 is 40.5 Å². The van der Waals surface area contributed by atoms with Crippen molar-refractivity contribution in [3.05, 3.63) is 39.7 Å². The summed E-state index contributed by atoms with van der Waals surface area (Å²) in [6, 6.07) is 0.828. The van der Waals surface area contributed by atoms with Crippen LogP contribution in [-0.2, 0) is 4.79 Å². The number of nitrogens with zero attached hydrogens (tertiary/aromatic N) is 1. The number of nitrogens with one attached hydrogen (secondary N) is 1. The lowest BCUT2D eigenvalue weighted by Crippen LogP contribution is -2.47. The molecule has 0 saturated carbocycles. The number of carboxylic acid groups (broad SMARTS) is 1. The zero-order valence-corrected chi connectivity index (χ0v) is 10.2. The van der Waals surface area contributed by atoms with Crippen LogP contribution < -0.4 is 5.32 Å². The Balaban J connectivity index is 2.96. The molecule has 0 heterocycles. The number of nitro benzene ring substituents is 1. The van der Waals surface area contributed by atoms with E-state index >= 15 is 0 Å². The number of halogens is 1. The van der Waals surface area contributed by atoms with Gasteiger partial charge in [-0.3, -0.25) is 14.9 Å². The van der Waals surface area contributed by atoms with Gasteiger partial charge in [-0.1, -0.05) is 0 Å². The summed E-state index contributed by atoms with van der Waals surface area (Å²) in [5.41, 5.74) is -1.09. The summed E-state index contributed by atoms with van der Waals surface area (Å²) in [7, 11) is 0. The molecule has 1 aromatic carbocycles. The molecule has 20 heavy (non-hydrogen) atoms. The van der Waals surface area contributed by atoms with Crippen LogP contribution >= 0.6 is 0 Å². The largest absolute Gasteiger partial charge is 0.480 e. The van der Waals surface area contributed by atoms with E-state index in [1.807, 2.05) is 5.32 Å². The predicted molar refractivity (Wildman–Crippen MR) is 63.6 cm³/mol. The number of aliphatic hydroxyl groups excluding tert-OH is 1. The molecule has 0 bridgehead atoms. The van der Waals surface area contributed by atoms with Crippen molar-refractivity contribution in [3.63, 3.8) is 0 Å². The number of hydrogen-bond acceptors (Lipinski definition) is 5. The Morgan fingerprint density at radius 1 is 1.45 bits per heavy atom. The lowest BCUT2D eigenvalue weighted by molar-refractivity contribution is -0.387. The number of aliphatic carboxylic acids is 1. The third-order valence-electron chi connectivity index (χ3n) is 2.44. The first-order chi connectivity index (χ1) is 9.23. The molecule has 0 radical (unpaired) electrons.